The van der Waals surface area contributed by atoms with E-state index in [9.17, 15) is 0 Å². The van der Waals surface area contributed by atoms with Crippen LogP contribution in [0.2, 0.25) is 0 Å². The zero-order chi connectivity index (χ0) is 15.6. The highest BCUT2D eigenvalue weighted by atomic mass is 16.5. The number of nitrogens with zero attached hydrogens (tertiary/aromatic N) is 1. The van der Waals surface area contributed by atoms with Crippen LogP contribution in [0.1, 0.15) is 18.6 Å². The molecule has 1 N–H and O–H groups in total. The first-order valence-electron chi connectivity index (χ1n) is 8.44. The van der Waals surface area contributed by atoms with Gasteiger partial charge in [-0.1, -0.05) is 0 Å². The molecule has 124 valence electrons. The Morgan fingerprint density at radius 3 is 3.22 bits per heavy atom. The van der Waals surface area contributed by atoms with Gasteiger partial charge in [-0.2, -0.15) is 0 Å². The topological polar surface area (TPSA) is 46.9 Å². The zero-order valence-electron chi connectivity index (χ0n) is 13.6. The summed E-state index contributed by atoms with van der Waals surface area (Å²) in [7, 11) is 1.68. The minimum absolute atomic E-state index is 0.286. The van der Waals surface area contributed by atoms with Crippen molar-refractivity contribution in [2.45, 2.75) is 31.5 Å². The molecular weight excluding hydrogens is 292 g/mol. The Morgan fingerprint density at radius 2 is 2.30 bits per heavy atom. The minimum atomic E-state index is 0.286. The number of hydrogen-bond acceptors (Lipinski definition) is 5. The van der Waals surface area contributed by atoms with Crippen LogP contribution in [-0.2, 0) is 11.3 Å². The molecule has 0 bridgehead atoms. The Hall–Kier alpha value is -1.56. The van der Waals surface area contributed by atoms with Crippen LogP contribution in [0.3, 0.4) is 0 Å². The molecule has 23 heavy (non-hydrogen) atoms. The van der Waals surface area contributed by atoms with E-state index in [2.05, 4.69) is 16.3 Å². The average molecular weight is 316 g/mol. The fraction of sp³-hybridized carbons (Fsp3) is 0.556. The van der Waals surface area contributed by atoms with Gasteiger partial charge in [0, 0.05) is 24.5 Å². The molecule has 2 saturated heterocycles. The molecule has 0 aliphatic carbocycles. The second kappa shape index (κ2) is 6.51. The van der Waals surface area contributed by atoms with Gasteiger partial charge in [0.2, 0.25) is 0 Å². The molecule has 2 aliphatic rings. The predicted octanol–water partition coefficient (Wildman–Crippen LogP) is 2.39. The summed E-state index contributed by atoms with van der Waals surface area (Å²) in [6.07, 6.45) is 2.90. The number of rotatable bonds is 5. The highest BCUT2D eigenvalue weighted by Gasteiger charge is 2.31. The van der Waals surface area contributed by atoms with Crippen molar-refractivity contribution in [1.82, 2.24) is 10.2 Å². The van der Waals surface area contributed by atoms with E-state index < -0.39 is 0 Å². The first kappa shape index (κ1) is 15.0. The standard InChI is InChI=1S/C18H24N2O3/c1-21-15-4-5-18-13(7-15)8-16(23-18)9-19-10-17-11-20-6-2-3-14(20)12-22-17/h4-5,7-8,14,17,19H,2-3,6,9-12H2,1H3/t14-,17-/m0/s1. The zero-order valence-corrected chi connectivity index (χ0v) is 13.6. The number of hydrogen-bond donors (Lipinski definition) is 1. The van der Waals surface area contributed by atoms with E-state index in [4.69, 9.17) is 13.9 Å². The Balaban J connectivity index is 1.31. The lowest BCUT2D eigenvalue weighted by atomic mass is 10.2. The van der Waals surface area contributed by atoms with Crippen LogP contribution in [-0.4, -0.2) is 50.4 Å². The summed E-state index contributed by atoms with van der Waals surface area (Å²) in [5.41, 5.74) is 0.899. The number of nitrogens with one attached hydrogen (secondary N) is 1. The lowest BCUT2D eigenvalue weighted by Gasteiger charge is -2.35. The third kappa shape index (κ3) is 3.22. The maximum Gasteiger partial charge on any atom is 0.134 e. The SMILES string of the molecule is COc1ccc2oc(CNC[C@H]3CN4CCC[C@H]4CO3)cc2c1. The Morgan fingerprint density at radius 1 is 1.35 bits per heavy atom. The molecule has 0 amide bonds. The Labute approximate surface area is 136 Å². The van der Waals surface area contributed by atoms with Crippen LogP contribution in [0.15, 0.2) is 28.7 Å². The molecule has 2 atom stereocenters. The molecule has 1 aromatic carbocycles. The van der Waals surface area contributed by atoms with Gasteiger partial charge in [0.15, 0.2) is 0 Å². The van der Waals surface area contributed by atoms with Gasteiger partial charge < -0.3 is 19.2 Å². The molecular formula is C18H24N2O3. The quantitative estimate of drug-likeness (QED) is 0.918. The number of benzene rings is 1. The molecule has 2 aromatic rings. The van der Waals surface area contributed by atoms with E-state index in [-0.39, 0.29) is 6.10 Å². The fourth-order valence-corrected chi connectivity index (χ4v) is 3.66. The summed E-state index contributed by atoms with van der Waals surface area (Å²) in [6, 6.07) is 8.61. The maximum absolute atomic E-state index is 5.97. The normalized spacial score (nSPS) is 24.9. The monoisotopic (exact) mass is 316 g/mol. The largest absolute Gasteiger partial charge is 0.497 e. The van der Waals surface area contributed by atoms with E-state index in [1.807, 2.05) is 18.2 Å². The van der Waals surface area contributed by atoms with E-state index in [0.717, 1.165) is 48.7 Å². The summed E-state index contributed by atoms with van der Waals surface area (Å²) in [4.78, 5) is 2.57. The van der Waals surface area contributed by atoms with Crippen molar-refractivity contribution in [1.29, 1.82) is 0 Å². The average Bonchev–Trinajstić information content (AvgIpc) is 3.19. The molecule has 3 heterocycles. The van der Waals surface area contributed by atoms with Crippen molar-refractivity contribution < 1.29 is 13.9 Å². The molecule has 0 spiro atoms. The third-order valence-electron chi connectivity index (χ3n) is 4.91. The Bertz CT molecular complexity index is 669. The van der Waals surface area contributed by atoms with Crippen LogP contribution >= 0.6 is 0 Å². The predicted molar refractivity (Wildman–Crippen MR) is 88.8 cm³/mol. The van der Waals surface area contributed by atoms with Gasteiger partial charge >= 0.3 is 0 Å². The number of fused-ring (bicyclic) bond motifs is 2. The summed E-state index contributed by atoms with van der Waals surface area (Å²) in [5, 5.41) is 4.54. The summed E-state index contributed by atoms with van der Waals surface area (Å²) >= 11 is 0. The number of methoxy groups -OCH3 is 1. The molecule has 5 heteroatoms. The van der Waals surface area contributed by atoms with Gasteiger partial charge in [-0.05, 0) is 43.7 Å². The van der Waals surface area contributed by atoms with Crippen LogP contribution < -0.4 is 10.1 Å². The van der Waals surface area contributed by atoms with Crippen molar-refractivity contribution in [3.05, 3.63) is 30.0 Å². The smallest absolute Gasteiger partial charge is 0.134 e. The highest BCUT2D eigenvalue weighted by molar-refractivity contribution is 5.79. The number of ether oxygens (including phenoxy) is 2. The Kier molecular flexibility index (Phi) is 4.25. The number of furan rings is 1. The van der Waals surface area contributed by atoms with Gasteiger partial charge in [0.05, 0.1) is 26.4 Å². The van der Waals surface area contributed by atoms with E-state index in [0.29, 0.717) is 6.04 Å². The van der Waals surface area contributed by atoms with Crippen LogP contribution in [0.25, 0.3) is 11.0 Å². The van der Waals surface area contributed by atoms with Crippen LogP contribution in [0, 0.1) is 0 Å². The van der Waals surface area contributed by atoms with Crippen molar-refractivity contribution in [3.63, 3.8) is 0 Å². The first-order valence-corrected chi connectivity index (χ1v) is 8.44. The lowest BCUT2D eigenvalue weighted by Crippen LogP contribution is -2.49. The van der Waals surface area contributed by atoms with Gasteiger partial charge in [0.1, 0.15) is 17.1 Å². The van der Waals surface area contributed by atoms with Crippen molar-refractivity contribution in [3.8, 4) is 5.75 Å². The van der Waals surface area contributed by atoms with E-state index in [1.54, 1.807) is 7.11 Å². The van der Waals surface area contributed by atoms with Crippen molar-refractivity contribution in [2.24, 2.45) is 0 Å². The second-order valence-corrected chi connectivity index (χ2v) is 6.49. The molecule has 0 unspecified atom stereocenters. The minimum Gasteiger partial charge on any atom is -0.497 e. The summed E-state index contributed by atoms with van der Waals surface area (Å²) in [5.74, 6) is 1.80. The molecule has 0 radical (unpaired) electrons. The van der Waals surface area contributed by atoms with Crippen LogP contribution in [0.4, 0.5) is 0 Å². The van der Waals surface area contributed by atoms with Gasteiger partial charge in [0.25, 0.3) is 0 Å². The third-order valence-corrected chi connectivity index (χ3v) is 4.91. The highest BCUT2D eigenvalue weighted by Crippen LogP contribution is 2.24. The maximum atomic E-state index is 5.97. The van der Waals surface area contributed by atoms with E-state index in [1.165, 1.54) is 19.4 Å². The van der Waals surface area contributed by atoms with Gasteiger partial charge in [-0.15, -0.1) is 0 Å². The first-order chi connectivity index (χ1) is 11.3. The molecule has 5 nitrogen and oxygen atoms in total. The molecule has 0 saturated carbocycles. The summed E-state index contributed by atoms with van der Waals surface area (Å²) in [6.45, 7) is 4.76. The molecule has 2 aliphatic heterocycles. The summed E-state index contributed by atoms with van der Waals surface area (Å²) < 4.78 is 17.1. The molecule has 1 aromatic heterocycles. The number of morpholine rings is 1. The van der Waals surface area contributed by atoms with Gasteiger partial charge in [-0.3, -0.25) is 4.90 Å². The fourth-order valence-electron chi connectivity index (χ4n) is 3.66. The van der Waals surface area contributed by atoms with E-state index >= 15 is 0 Å². The van der Waals surface area contributed by atoms with Crippen molar-refractivity contribution in [2.75, 3.05) is 33.4 Å². The second-order valence-electron chi connectivity index (χ2n) is 6.49. The van der Waals surface area contributed by atoms with Crippen LogP contribution in [0.5, 0.6) is 5.75 Å². The van der Waals surface area contributed by atoms with Gasteiger partial charge in [-0.25, -0.2) is 0 Å². The molecule has 4 rings (SSSR count). The lowest BCUT2D eigenvalue weighted by molar-refractivity contribution is -0.0471. The molecule has 2 fully saturated rings. The van der Waals surface area contributed by atoms with Crippen molar-refractivity contribution >= 4 is 11.0 Å².